The number of hydrogen-bond donors (Lipinski definition) is 1. The highest BCUT2D eigenvalue weighted by Crippen LogP contribution is 2.22. The molecule has 5 nitrogen and oxygen atoms in total. The average Bonchev–Trinajstić information content (AvgIpc) is 2.79. The van der Waals surface area contributed by atoms with Crippen molar-refractivity contribution in [3.63, 3.8) is 0 Å². The third-order valence-electron chi connectivity index (χ3n) is 5.49. The molecular weight excluding hydrogens is 376 g/mol. The Kier molecular flexibility index (Phi) is 6.52. The molecule has 1 N–H and O–H groups in total. The molecule has 4 rings (SSSR count). The van der Waals surface area contributed by atoms with E-state index in [0.29, 0.717) is 23.2 Å². The van der Waals surface area contributed by atoms with E-state index in [1.54, 1.807) is 12.1 Å². The third kappa shape index (κ3) is 4.75. The zero-order valence-electron chi connectivity index (χ0n) is 17.0. The highest BCUT2D eigenvalue weighted by Gasteiger charge is 2.16. The predicted octanol–water partition coefficient (Wildman–Crippen LogP) is 4.39. The topological polar surface area (TPSA) is 58.6 Å². The van der Waals surface area contributed by atoms with Crippen LogP contribution in [0.25, 0.3) is 10.8 Å². The molecule has 1 aliphatic heterocycles. The zero-order valence-corrected chi connectivity index (χ0v) is 17.0. The Morgan fingerprint density at radius 3 is 2.43 bits per heavy atom. The van der Waals surface area contributed by atoms with Crippen molar-refractivity contribution in [2.75, 3.05) is 38.2 Å². The van der Waals surface area contributed by atoms with Crippen molar-refractivity contribution in [1.29, 1.82) is 0 Å². The summed E-state index contributed by atoms with van der Waals surface area (Å²) >= 11 is 0. The van der Waals surface area contributed by atoms with E-state index < -0.39 is 0 Å². The summed E-state index contributed by atoms with van der Waals surface area (Å²) in [5, 5.41) is 4.86. The molecule has 0 unspecified atom stereocenters. The number of anilines is 1. The number of ketones is 1. The molecule has 3 aromatic rings. The lowest BCUT2D eigenvalue weighted by molar-refractivity contribution is 0.0371. The van der Waals surface area contributed by atoms with Crippen molar-refractivity contribution in [2.45, 2.75) is 12.8 Å². The quantitative estimate of drug-likeness (QED) is 0.596. The summed E-state index contributed by atoms with van der Waals surface area (Å²) < 4.78 is 5.36. The standard InChI is InChI=1S/C25H26N2O3/c28-24(13-6-14-27-15-17-30-18-16-27)22-10-3-4-12-23(22)26-25(29)21-11-5-8-19-7-1-2-9-20(19)21/h1-5,7-12H,6,13-18H2,(H,26,29). The van der Waals surface area contributed by atoms with Gasteiger partial charge in [0.05, 0.1) is 18.9 Å². The van der Waals surface area contributed by atoms with Gasteiger partial charge in [-0.2, -0.15) is 0 Å². The SMILES string of the molecule is O=C(CCCN1CCOCC1)c1ccccc1NC(=O)c1cccc2ccccc12. The molecule has 0 radical (unpaired) electrons. The van der Waals surface area contributed by atoms with Crippen molar-refractivity contribution in [3.05, 3.63) is 77.9 Å². The van der Waals surface area contributed by atoms with Crippen molar-refractivity contribution in [2.24, 2.45) is 0 Å². The number of carbonyl (C=O) groups is 2. The van der Waals surface area contributed by atoms with Crippen molar-refractivity contribution < 1.29 is 14.3 Å². The van der Waals surface area contributed by atoms with Crippen molar-refractivity contribution in [1.82, 2.24) is 4.90 Å². The van der Waals surface area contributed by atoms with Crippen LogP contribution in [0.1, 0.15) is 33.6 Å². The average molecular weight is 402 g/mol. The Hall–Kier alpha value is -3.02. The zero-order chi connectivity index (χ0) is 20.8. The number of benzene rings is 3. The fourth-order valence-electron chi connectivity index (χ4n) is 3.87. The van der Waals surface area contributed by atoms with Gasteiger partial charge in [-0.15, -0.1) is 0 Å². The number of fused-ring (bicyclic) bond motifs is 1. The number of amides is 1. The van der Waals surface area contributed by atoms with E-state index >= 15 is 0 Å². The minimum Gasteiger partial charge on any atom is -0.379 e. The Labute approximate surface area is 176 Å². The Balaban J connectivity index is 1.44. The second-order valence-electron chi connectivity index (χ2n) is 7.51. The lowest BCUT2D eigenvalue weighted by Crippen LogP contribution is -2.36. The molecule has 0 atom stereocenters. The number of para-hydroxylation sites is 1. The van der Waals surface area contributed by atoms with Crippen LogP contribution in [0.4, 0.5) is 5.69 Å². The molecule has 0 bridgehead atoms. The molecule has 1 heterocycles. The summed E-state index contributed by atoms with van der Waals surface area (Å²) in [6.07, 6.45) is 1.25. The van der Waals surface area contributed by atoms with Gasteiger partial charge in [-0.1, -0.05) is 48.5 Å². The van der Waals surface area contributed by atoms with E-state index in [0.717, 1.165) is 50.0 Å². The number of nitrogens with one attached hydrogen (secondary N) is 1. The lowest BCUT2D eigenvalue weighted by Gasteiger charge is -2.26. The first-order valence-corrected chi connectivity index (χ1v) is 10.4. The molecule has 3 aromatic carbocycles. The van der Waals surface area contributed by atoms with Gasteiger partial charge in [0.25, 0.3) is 5.91 Å². The van der Waals surface area contributed by atoms with Gasteiger partial charge in [-0.3, -0.25) is 14.5 Å². The Bertz CT molecular complexity index is 1040. The third-order valence-corrected chi connectivity index (χ3v) is 5.49. The molecule has 1 aliphatic rings. The fourth-order valence-corrected chi connectivity index (χ4v) is 3.87. The van der Waals surface area contributed by atoms with Crippen LogP contribution in [-0.4, -0.2) is 49.4 Å². The maximum absolute atomic E-state index is 13.0. The highest BCUT2D eigenvalue weighted by molar-refractivity contribution is 6.15. The van der Waals surface area contributed by atoms with Gasteiger partial charge in [0.1, 0.15) is 0 Å². The van der Waals surface area contributed by atoms with Gasteiger partial charge in [-0.25, -0.2) is 0 Å². The van der Waals surface area contributed by atoms with E-state index in [2.05, 4.69) is 10.2 Å². The maximum atomic E-state index is 13.0. The van der Waals surface area contributed by atoms with Gasteiger partial charge >= 0.3 is 0 Å². The number of Topliss-reactive ketones (excluding diaryl/α,β-unsaturated/α-hetero) is 1. The van der Waals surface area contributed by atoms with Gasteiger partial charge in [0.15, 0.2) is 5.78 Å². The van der Waals surface area contributed by atoms with E-state index in [4.69, 9.17) is 4.74 Å². The normalized spacial score (nSPS) is 14.5. The number of nitrogens with zero attached hydrogens (tertiary/aromatic N) is 1. The summed E-state index contributed by atoms with van der Waals surface area (Å²) in [4.78, 5) is 28.1. The molecule has 0 spiro atoms. The molecule has 5 heteroatoms. The first kappa shape index (κ1) is 20.3. The van der Waals surface area contributed by atoms with Crippen molar-refractivity contribution in [3.8, 4) is 0 Å². The van der Waals surface area contributed by atoms with Crippen LogP contribution in [0.2, 0.25) is 0 Å². The van der Waals surface area contributed by atoms with Crippen LogP contribution in [0.15, 0.2) is 66.7 Å². The molecule has 1 saturated heterocycles. The second kappa shape index (κ2) is 9.65. The molecule has 0 saturated carbocycles. The van der Waals surface area contributed by atoms with E-state index in [1.807, 2.05) is 54.6 Å². The minimum absolute atomic E-state index is 0.0529. The van der Waals surface area contributed by atoms with Crippen LogP contribution in [-0.2, 0) is 4.74 Å². The monoisotopic (exact) mass is 402 g/mol. The summed E-state index contributed by atoms with van der Waals surface area (Å²) in [5.41, 5.74) is 1.72. The first-order valence-electron chi connectivity index (χ1n) is 10.4. The maximum Gasteiger partial charge on any atom is 0.256 e. The number of ether oxygens (including phenoxy) is 1. The van der Waals surface area contributed by atoms with Crippen LogP contribution in [0.5, 0.6) is 0 Å². The number of carbonyl (C=O) groups excluding carboxylic acids is 2. The summed E-state index contributed by atoms with van der Waals surface area (Å²) in [6.45, 7) is 4.26. The van der Waals surface area contributed by atoms with Crippen LogP contribution in [0.3, 0.4) is 0 Å². The van der Waals surface area contributed by atoms with Crippen LogP contribution in [0, 0.1) is 0 Å². The van der Waals surface area contributed by atoms with Gasteiger partial charge in [-0.05, 0) is 41.9 Å². The summed E-state index contributed by atoms with van der Waals surface area (Å²) in [7, 11) is 0. The number of morpholine rings is 1. The summed E-state index contributed by atoms with van der Waals surface area (Å²) in [5.74, 6) is -0.155. The molecule has 1 amide bonds. The highest BCUT2D eigenvalue weighted by atomic mass is 16.5. The predicted molar refractivity (Wildman–Crippen MR) is 119 cm³/mol. The number of hydrogen-bond acceptors (Lipinski definition) is 4. The molecule has 1 fully saturated rings. The second-order valence-corrected chi connectivity index (χ2v) is 7.51. The van der Waals surface area contributed by atoms with Gasteiger partial charge in [0, 0.05) is 30.6 Å². The van der Waals surface area contributed by atoms with Crippen molar-refractivity contribution >= 4 is 28.2 Å². The van der Waals surface area contributed by atoms with Crippen LogP contribution >= 0.6 is 0 Å². The fraction of sp³-hybridized carbons (Fsp3) is 0.280. The van der Waals surface area contributed by atoms with Gasteiger partial charge in [0.2, 0.25) is 0 Å². The van der Waals surface area contributed by atoms with Crippen LogP contribution < -0.4 is 5.32 Å². The largest absolute Gasteiger partial charge is 0.379 e. The molecular formula is C25H26N2O3. The first-order chi connectivity index (χ1) is 14.7. The molecule has 154 valence electrons. The molecule has 0 aliphatic carbocycles. The van der Waals surface area contributed by atoms with E-state index in [-0.39, 0.29) is 11.7 Å². The van der Waals surface area contributed by atoms with Gasteiger partial charge < -0.3 is 10.1 Å². The summed E-state index contributed by atoms with van der Waals surface area (Å²) in [6, 6.07) is 20.7. The number of rotatable bonds is 7. The van der Waals surface area contributed by atoms with E-state index in [1.165, 1.54) is 0 Å². The Morgan fingerprint density at radius 1 is 0.867 bits per heavy atom. The lowest BCUT2D eigenvalue weighted by atomic mass is 10.0. The smallest absolute Gasteiger partial charge is 0.256 e. The minimum atomic E-state index is -0.208. The van der Waals surface area contributed by atoms with E-state index in [9.17, 15) is 9.59 Å². The Morgan fingerprint density at radius 2 is 1.57 bits per heavy atom. The molecule has 0 aromatic heterocycles. The molecule has 30 heavy (non-hydrogen) atoms.